The summed E-state index contributed by atoms with van der Waals surface area (Å²) in [4.78, 5) is 59.0. The maximum Gasteiger partial charge on any atom is 0.323 e. The van der Waals surface area contributed by atoms with Crippen LogP contribution in [0.5, 0.6) is 0 Å². The molecule has 0 radical (unpaired) electrons. The molecular formula is C28H27BrFN5O5. The molecule has 0 saturated carbocycles. The van der Waals surface area contributed by atoms with Crippen molar-refractivity contribution in [1.29, 1.82) is 0 Å². The summed E-state index contributed by atoms with van der Waals surface area (Å²) >= 11 is 3.29. The summed E-state index contributed by atoms with van der Waals surface area (Å²) in [6.07, 6.45) is 1.39. The zero-order valence-electron chi connectivity index (χ0n) is 21.5. The monoisotopic (exact) mass is 611 g/mol. The quantitative estimate of drug-likeness (QED) is 0.364. The van der Waals surface area contributed by atoms with E-state index in [0.717, 1.165) is 11.6 Å². The second-order valence-corrected chi connectivity index (χ2v) is 10.2. The highest BCUT2D eigenvalue weighted by Gasteiger charge is 2.41. The van der Waals surface area contributed by atoms with E-state index in [9.17, 15) is 28.7 Å². The van der Waals surface area contributed by atoms with Crippen molar-refractivity contribution in [2.75, 3.05) is 18.4 Å². The van der Waals surface area contributed by atoms with E-state index in [1.165, 1.54) is 40.4 Å². The van der Waals surface area contributed by atoms with Gasteiger partial charge in [-0.15, -0.1) is 0 Å². The van der Waals surface area contributed by atoms with Crippen molar-refractivity contribution in [2.45, 2.75) is 32.0 Å². The summed E-state index contributed by atoms with van der Waals surface area (Å²) in [5.74, 6) is -2.97. The highest BCUT2D eigenvalue weighted by Crippen LogP contribution is 2.24. The van der Waals surface area contributed by atoms with Crippen molar-refractivity contribution in [3.63, 3.8) is 0 Å². The van der Waals surface area contributed by atoms with E-state index in [1.807, 2.05) is 13.0 Å². The minimum atomic E-state index is -1.42. The molecule has 2 heterocycles. The van der Waals surface area contributed by atoms with Gasteiger partial charge in [0, 0.05) is 35.6 Å². The largest absolute Gasteiger partial charge is 0.481 e. The van der Waals surface area contributed by atoms with E-state index < -0.39 is 48.3 Å². The van der Waals surface area contributed by atoms with Gasteiger partial charge in [-0.1, -0.05) is 35.9 Å². The van der Waals surface area contributed by atoms with Crippen LogP contribution in [0.25, 0.3) is 0 Å². The summed E-state index contributed by atoms with van der Waals surface area (Å²) < 4.78 is 14.3. The van der Waals surface area contributed by atoms with Gasteiger partial charge < -0.3 is 20.6 Å². The molecule has 1 aliphatic rings. The zero-order valence-corrected chi connectivity index (χ0v) is 23.1. The number of amides is 4. The number of carboxylic acids is 1. The smallest absolute Gasteiger partial charge is 0.323 e. The van der Waals surface area contributed by atoms with Crippen LogP contribution in [0.2, 0.25) is 0 Å². The molecule has 0 bridgehead atoms. The number of halogens is 2. The molecule has 4 rings (SSSR count). The predicted molar refractivity (Wildman–Crippen MR) is 148 cm³/mol. The Balaban J connectivity index is 1.69. The molecule has 0 spiro atoms. The van der Waals surface area contributed by atoms with Gasteiger partial charge in [0.1, 0.15) is 5.82 Å². The molecule has 12 heteroatoms. The molecule has 3 N–H and O–H groups in total. The summed E-state index contributed by atoms with van der Waals surface area (Å²) in [5, 5.41) is 14.9. The number of hydrogen-bond donors (Lipinski definition) is 3. The van der Waals surface area contributed by atoms with Gasteiger partial charge in [0.15, 0.2) is 6.17 Å². The number of carbonyl (C=O) groups is 4. The number of hydrogen-bond acceptors (Lipinski definition) is 5. The minimum absolute atomic E-state index is 0.119. The van der Waals surface area contributed by atoms with Crippen LogP contribution >= 0.6 is 15.9 Å². The van der Waals surface area contributed by atoms with E-state index in [0.29, 0.717) is 16.5 Å². The first-order chi connectivity index (χ1) is 19.1. The number of aromatic nitrogens is 1. The lowest BCUT2D eigenvalue weighted by Gasteiger charge is -2.43. The zero-order chi connectivity index (χ0) is 28.8. The lowest BCUT2D eigenvalue weighted by Crippen LogP contribution is -2.64. The Bertz CT molecular complexity index is 1440. The van der Waals surface area contributed by atoms with Crippen LogP contribution in [-0.2, 0) is 9.59 Å². The normalized spacial score (nSPS) is 15.7. The first kappa shape index (κ1) is 28.7. The molecule has 1 fully saturated rings. The maximum absolute atomic E-state index is 13.9. The van der Waals surface area contributed by atoms with Gasteiger partial charge in [-0.05, 0) is 59.1 Å². The van der Waals surface area contributed by atoms with Crippen molar-refractivity contribution in [2.24, 2.45) is 0 Å². The Labute approximate surface area is 238 Å². The Kier molecular flexibility index (Phi) is 9.10. The maximum atomic E-state index is 13.9. The molecule has 0 aliphatic carbocycles. The summed E-state index contributed by atoms with van der Waals surface area (Å²) in [7, 11) is 0. The van der Waals surface area contributed by atoms with E-state index in [1.54, 1.807) is 24.3 Å². The summed E-state index contributed by atoms with van der Waals surface area (Å²) in [6, 6.07) is 12.3. The Morgan fingerprint density at radius 2 is 1.82 bits per heavy atom. The van der Waals surface area contributed by atoms with Crippen LogP contribution in [-0.4, -0.2) is 63.0 Å². The predicted octanol–water partition coefficient (Wildman–Crippen LogP) is 4.33. The van der Waals surface area contributed by atoms with Crippen LogP contribution in [0.4, 0.5) is 14.9 Å². The molecule has 4 amide bonds. The Hall–Kier alpha value is -4.32. The average Bonchev–Trinajstić information content (AvgIpc) is 2.91. The van der Waals surface area contributed by atoms with E-state index in [2.05, 4.69) is 31.5 Å². The fraction of sp³-hybridized carbons (Fsp3) is 0.250. The number of nitrogens with one attached hydrogen (secondary N) is 2. The molecule has 1 aliphatic heterocycles. The van der Waals surface area contributed by atoms with Crippen molar-refractivity contribution in [1.82, 2.24) is 20.1 Å². The Morgan fingerprint density at radius 1 is 1.07 bits per heavy atom. The van der Waals surface area contributed by atoms with Crippen molar-refractivity contribution >= 4 is 45.4 Å². The van der Waals surface area contributed by atoms with Crippen LogP contribution in [0, 0.1) is 12.7 Å². The number of pyridine rings is 1. The fourth-order valence-electron chi connectivity index (χ4n) is 4.55. The van der Waals surface area contributed by atoms with Crippen LogP contribution in [0.3, 0.4) is 0 Å². The van der Waals surface area contributed by atoms with Gasteiger partial charge in [0.25, 0.3) is 11.8 Å². The number of benzene rings is 2. The first-order valence-electron chi connectivity index (χ1n) is 12.5. The second-order valence-electron chi connectivity index (χ2n) is 9.32. The third-order valence-electron chi connectivity index (χ3n) is 6.31. The number of carbonyl (C=O) groups excluding carboxylic acids is 3. The molecule has 208 valence electrons. The first-order valence-corrected chi connectivity index (χ1v) is 13.2. The number of aryl methyl sites for hydroxylation is 1. The molecular weight excluding hydrogens is 585 g/mol. The molecule has 1 saturated heterocycles. The number of aliphatic carboxylic acids is 1. The molecule has 10 nitrogen and oxygen atoms in total. The SMILES string of the molecule is Cc1cccc(C(CC(=O)O)NC(=O)C2N(C(=O)Nc3cccc(F)c3)CCCN2C(=O)c2cncc(Br)c2)c1. The van der Waals surface area contributed by atoms with Gasteiger partial charge in [-0.3, -0.25) is 24.3 Å². The van der Waals surface area contributed by atoms with E-state index in [4.69, 9.17) is 0 Å². The molecule has 40 heavy (non-hydrogen) atoms. The summed E-state index contributed by atoms with van der Waals surface area (Å²) in [5.41, 5.74) is 1.80. The van der Waals surface area contributed by atoms with E-state index >= 15 is 0 Å². The third-order valence-corrected chi connectivity index (χ3v) is 6.75. The number of urea groups is 1. The highest BCUT2D eigenvalue weighted by molar-refractivity contribution is 9.10. The van der Waals surface area contributed by atoms with Crippen LogP contribution in [0.15, 0.2) is 71.5 Å². The lowest BCUT2D eigenvalue weighted by atomic mass is 10.0. The van der Waals surface area contributed by atoms with E-state index in [-0.39, 0.29) is 24.3 Å². The molecule has 2 unspecified atom stereocenters. The second kappa shape index (κ2) is 12.7. The number of carboxylic acid groups (broad SMARTS) is 1. The average molecular weight is 612 g/mol. The van der Waals surface area contributed by atoms with Gasteiger partial charge in [-0.25, -0.2) is 9.18 Å². The number of nitrogens with zero attached hydrogens (tertiary/aromatic N) is 3. The minimum Gasteiger partial charge on any atom is -0.481 e. The Morgan fingerprint density at radius 3 is 2.52 bits per heavy atom. The molecule has 1 aromatic heterocycles. The molecule has 3 aromatic rings. The fourth-order valence-corrected chi connectivity index (χ4v) is 4.91. The number of anilines is 1. The topological polar surface area (TPSA) is 132 Å². The van der Waals surface area contributed by atoms with Gasteiger partial charge >= 0.3 is 12.0 Å². The highest BCUT2D eigenvalue weighted by atomic mass is 79.9. The lowest BCUT2D eigenvalue weighted by molar-refractivity contribution is -0.138. The third kappa shape index (κ3) is 7.00. The van der Waals surface area contributed by atoms with Gasteiger partial charge in [0.05, 0.1) is 18.0 Å². The van der Waals surface area contributed by atoms with Crippen LogP contribution in [0.1, 0.15) is 40.4 Å². The van der Waals surface area contributed by atoms with Crippen LogP contribution < -0.4 is 10.6 Å². The van der Waals surface area contributed by atoms with Crippen molar-refractivity contribution < 1.29 is 28.7 Å². The van der Waals surface area contributed by atoms with Gasteiger partial charge in [-0.2, -0.15) is 0 Å². The molecule has 2 aromatic carbocycles. The van der Waals surface area contributed by atoms with Gasteiger partial charge in [0.2, 0.25) is 0 Å². The van der Waals surface area contributed by atoms with Crippen molar-refractivity contribution in [3.8, 4) is 0 Å². The number of rotatable bonds is 7. The molecule has 2 atom stereocenters. The standard InChI is InChI=1S/C28H27BrFN5O5/c1-17-5-2-6-18(11-17)23(14-24(36)37)33-25(38)26-34(27(39)19-12-20(29)16-31-15-19)9-4-10-35(26)28(40)32-22-8-3-7-21(30)13-22/h2-3,5-8,11-13,15-16,23,26H,4,9-10,14H2,1H3,(H,32,40)(H,33,38)(H,36,37). The van der Waals surface area contributed by atoms with Crippen molar-refractivity contribution in [3.05, 3.63) is 94.0 Å². The summed E-state index contributed by atoms with van der Waals surface area (Å²) in [6.45, 7) is 2.12.